The summed E-state index contributed by atoms with van der Waals surface area (Å²) in [6.07, 6.45) is 0. The van der Waals surface area contributed by atoms with E-state index in [1.165, 1.54) is 28.0 Å². The van der Waals surface area contributed by atoms with E-state index in [2.05, 4.69) is 83.4 Å². The Balaban J connectivity index is 1.65. The minimum atomic E-state index is -0.391. The monoisotopic (exact) mass is 413 g/mol. The van der Waals surface area contributed by atoms with Gasteiger partial charge in [0.15, 0.2) is 5.54 Å². The second kappa shape index (κ2) is 9.53. The van der Waals surface area contributed by atoms with Crippen LogP contribution in [0.25, 0.3) is 0 Å². The summed E-state index contributed by atoms with van der Waals surface area (Å²) in [6.45, 7) is 1.33. The molecule has 30 heavy (non-hydrogen) atoms. The van der Waals surface area contributed by atoms with Gasteiger partial charge in [-0.2, -0.15) is 0 Å². The maximum atomic E-state index is 12.3. The normalized spacial score (nSPS) is 11.2. The minimum absolute atomic E-state index is 0.0110. The molecule has 0 atom stereocenters. The Bertz CT molecular complexity index is 952. The number of rotatable bonds is 8. The Morgan fingerprint density at radius 2 is 1.23 bits per heavy atom. The maximum absolute atomic E-state index is 12.3. The molecule has 150 valence electrons. The zero-order chi connectivity index (χ0) is 20.7. The Labute approximate surface area is 181 Å². The van der Waals surface area contributed by atoms with Crippen LogP contribution in [0.2, 0.25) is 0 Å². The van der Waals surface area contributed by atoms with Crippen LogP contribution in [-0.4, -0.2) is 19.0 Å². The van der Waals surface area contributed by atoms with Crippen LogP contribution in [0.1, 0.15) is 26.4 Å². The standard InChI is InChI=1S/C26H24N2OS/c29-25(24-17-10-20-30-24)27-18-19-28-26(21-11-4-1-5-12-21,22-13-6-2-7-14-22)23-15-8-3-9-16-23/h1-17,20,28H,18-19H2,(H,27,29)/p+1. The fourth-order valence-corrected chi connectivity index (χ4v) is 4.57. The van der Waals surface area contributed by atoms with Crippen molar-refractivity contribution in [3.8, 4) is 0 Å². The van der Waals surface area contributed by atoms with E-state index in [4.69, 9.17) is 0 Å². The van der Waals surface area contributed by atoms with Gasteiger partial charge in [0.2, 0.25) is 0 Å². The smallest absolute Gasteiger partial charge is 0.261 e. The number of hydrogen-bond donors (Lipinski definition) is 2. The van der Waals surface area contributed by atoms with E-state index in [-0.39, 0.29) is 5.91 Å². The van der Waals surface area contributed by atoms with Gasteiger partial charge in [0.05, 0.1) is 18.0 Å². The molecule has 0 unspecified atom stereocenters. The average Bonchev–Trinajstić information content (AvgIpc) is 3.36. The molecule has 1 heterocycles. The lowest BCUT2D eigenvalue weighted by atomic mass is 9.77. The Morgan fingerprint density at radius 1 is 0.733 bits per heavy atom. The van der Waals surface area contributed by atoms with Crippen molar-refractivity contribution in [3.05, 3.63) is 130 Å². The van der Waals surface area contributed by atoms with E-state index in [0.717, 1.165) is 11.4 Å². The molecule has 0 fully saturated rings. The molecule has 3 aromatic carbocycles. The Hall–Kier alpha value is -3.21. The van der Waals surface area contributed by atoms with Crippen molar-refractivity contribution in [3.63, 3.8) is 0 Å². The zero-order valence-electron chi connectivity index (χ0n) is 16.7. The van der Waals surface area contributed by atoms with E-state index in [1.807, 2.05) is 35.7 Å². The van der Waals surface area contributed by atoms with Crippen molar-refractivity contribution >= 4 is 17.2 Å². The van der Waals surface area contributed by atoms with Gasteiger partial charge in [-0.25, -0.2) is 0 Å². The number of amides is 1. The number of hydrogen-bond acceptors (Lipinski definition) is 2. The summed E-state index contributed by atoms with van der Waals surface area (Å²) in [5.41, 5.74) is 3.25. The summed E-state index contributed by atoms with van der Waals surface area (Å²) in [5.74, 6) is -0.0110. The van der Waals surface area contributed by atoms with Gasteiger partial charge in [0, 0.05) is 16.7 Å². The number of nitrogens with one attached hydrogen (secondary N) is 1. The highest BCUT2D eigenvalue weighted by Gasteiger charge is 2.39. The summed E-state index contributed by atoms with van der Waals surface area (Å²) in [5, 5.41) is 7.31. The number of carbonyl (C=O) groups excluding carboxylic acids is 1. The first-order chi connectivity index (χ1) is 14.8. The van der Waals surface area contributed by atoms with Crippen LogP contribution in [0.3, 0.4) is 0 Å². The van der Waals surface area contributed by atoms with Crippen LogP contribution < -0.4 is 10.6 Å². The van der Waals surface area contributed by atoms with Crippen LogP contribution in [0.5, 0.6) is 0 Å². The van der Waals surface area contributed by atoms with Crippen molar-refractivity contribution < 1.29 is 10.1 Å². The van der Waals surface area contributed by atoms with E-state index in [9.17, 15) is 4.79 Å². The van der Waals surface area contributed by atoms with Crippen LogP contribution in [0, 0.1) is 0 Å². The SMILES string of the molecule is O=C(NCC[NH2+]C(c1ccccc1)(c1ccccc1)c1ccccc1)c1cccs1. The average molecular weight is 414 g/mol. The van der Waals surface area contributed by atoms with Crippen LogP contribution in [0.4, 0.5) is 0 Å². The number of quaternary nitrogens is 1. The first kappa shape index (κ1) is 20.1. The third-order valence-corrected chi connectivity index (χ3v) is 6.18. The molecule has 0 radical (unpaired) electrons. The predicted molar refractivity (Wildman–Crippen MR) is 123 cm³/mol. The van der Waals surface area contributed by atoms with Gasteiger partial charge < -0.3 is 10.6 Å². The molecule has 0 aliphatic rings. The van der Waals surface area contributed by atoms with Crippen molar-refractivity contribution in [1.82, 2.24) is 5.32 Å². The summed E-state index contributed by atoms with van der Waals surface area (Å²) >= 11 is 1.46. The summed E-state index contributed by atoms with van der Waals surface area (Å²) in [6, 6.07) is 35.5. The van der Waals surface area contributed by atoms with Gasteiger partial charge in [-0.15, -0.1) is 11.3 Å². The largest absolute Gasteiger partial charge is 0.346 e. The lowest BCUT2D eigenvalue weighted by Gasteiger charge is -2.33. The highest BCUT2D eigenvalue weighted by molar-refractivity contribution is 7.12. The molecule has 0 saturated heterocycles. The fraction of sp³-hybridized carbons (Fsp3) is 0.115. The summed E-state index contributed by atoms with van der Waals surface area (Å²) in [4.78, 5) is 13.1. The minimum Gasteiger partial charge on any atom is -0.346 e. The van der Waals surface area contributed by atoms with E-state index in [1.54, 1.807) is 0 Å². The molecule has 1 aromatic heterocycles. The summed E-state index contributed by atoms with van der Waals surface area (Å²) in [7, 11) is 0. The molecule has 0 bridgehead atoms. The molecular formula is C26H25N2OS+. The van der Waals surface area contributed by atoms with Crippen molar-refractivity contribution in [2.24, 2.45) is 0 Å². The topological polar surface area (TPSA) is 45.7 Å². The lowest BCUT2D eigenvalue weighted by Crippen LogP contribution is -2.96. The molecule has 4 heteroatoms. The maximum Gasteiger partial charge on any atom is 0.261 e. The first-order valence-electron chi connectivity index (χ1n) is 10.1. The molecule has 1 amide bonds. The lowest BCUT2D eigenvalue weighted by molar-refractivity contribution is -0.714. The molecule has 4 aromatic rings. The van der Waals surface area contributed by atoms with Crippen molar-refractivity contribution in [2.45, 2.75) is 5.54 Å². The molecule has 3 N–H and O–H groups in total. The van der Waals surface area contributed by atoms with Gasteiger partial charge in [-0.05, 0) is 11.4 Å². The third kappa shape index (κ3) is 4.20. The van der Waals surface area contributed by atoms with Gasteiger partial charge in [-0.3, -0.25) is 4.79 Å². The van der Waals surface area contributed by atoms with Crippen LogP contribution in [0.15, 0.2) is 109 Å². The predicted octanol–water partition coefficient (Wildman–Crippen LogP) is 4.03. The molecule has 0 spiro atoms. The molecule has 0 aliphatic heterocycles. The first-order valence-corrected chi connectivity index (χ1v) is 11.0. The molecule has 0 saturated carbocycles. The highest BCUT2D eigenvalue weighted by atomic mass is 32.1. The fourth-order valence-electron chi connectivity index (χ4n) is 3.93. The van der Waals surface area contributed by atoms with Gasteiger partial charge in [0.25, 0.3) is 5.91 Å². The Morgan fingerprint density at radius 3 is 1.67 bits per heavy atom. The number of nitrogens with two attached hydrogens (primary N) is 1. The molecule has 0 aliphatic carbocycles. The highest BCUT2D eigenvalue weighted by Crippen LogP contribution is 2.32. The number of carbonyl (C=O) groups is 1. The van der Waals surface area contributed by atoms with E-state index < -0.39 is 5.54 Å². The second-order valence-electron chi connectivity index (χ2n) is 7.13. The van der Waals surface area contributed by atoms with Crippen LogP contribution >= 0.6 is 11.3 Å². The van der Waals surface area contributed by atoms with Gasteiger partial charge in [0.1, 0.15) is 0 Å². The van der Waals surface area contributed by atoms with Gasteiger partial charge >= 0.3 is 0 Å². The molecule has 3 nitrogen and oxygen atoms in total. The summed E-state index contributed by atoms with van der Waals surface area (Å²) < 4.78 is 0. The zero-order valence-corrected chi connectivity index (χ0v) is 17.5. The van der Waals surface area contributed by atoms with Crippen molar-refractivity contribution in [2.75, 3.05) is 13.1 Å². The molecular weight excluding hydrogens is 388 g/mol. The quantitative estimate of drug-likeness (QED) is 0.332. The second-order valence-corrected chi connectivity index (χ2v) is 8.08. The van der Waals surface area contributed by atoms with Gasteiger partial charge in [-0.1, -0.05) is 97.1 Å². The third-order valence-electron chi connectivity index (χ3n) is 5.31. The van der Waals surface area contributed by atoms with E-state index >= 15 is 0 Å². The van der Waals surface area contributed by atoms with E-state index in [0.29, 0.717) is 6.54 Å². The van der Waals surface area contributed by atoms with Crippen molar-refractivity contribution in [1.29, 1.82) is 0 Å². The number of benzene rings is 3. The molecule has 4 rings (SSSR count). The Kier molecular flexibility index (Phi) is 6.38. The number of thiophene rings is 1. The van der Waals surface area contributed by atoms with Crippen LogP contribution in [-0.2, 0) is 5.54 Å².